The lowest BCUT2D eigenvalue weighted by Crippen LogP contribution is -2.28. The number of fused-ring (bicyclic) bond motifs is 1. The normalized spacial score (nSPS) is 11.4. The van der Waals surface area contributed by atoms with E-state index >= 15 is 0 Å². The first-order valence-electron chi connectivity index (χ1n) is 8.40. The minimum Gasteiger partial charge on any atom is -0.492 e. The number of ether oxygens (including phenoxy) is 2. The Morgan fingerprint density at radius 1 is 1.04 bits per heavy atom. The Bertz CT molecular complexity index is 1110. The molecule has 0 fully saturated rings. The van der Waals surface area contributed by atoms with Gasteiger partial charge in [-0.3, -0.25) is 0 Å². The van der Waals surface area contributed by atoms with Crippen LogP contribution < -0.4 is 9.46 Å². The number of methoxy groups -OCH3 is 1. The zero-order valence-corrected chi connectivity index (χ0v) is 16.6. The van der Waals surface area contributed by atoms with Gasteiger partial charge in [-0.2, -0.15) is 0 Å². The number of carbonyl (C=O) groups excluding carboxylic acids is 1. The van der Waals surface area contributed by atoms with E-state index in [0.29, 0.717) is 5.75 Å². The van der Waals surface area contributed by atoms with E-state index < -0.39 is 16.0 Å². The molecular weight excluding hydrogens is 402 g/mol. The molecule has 146 valence electrons. The number of hydrogen-bond donors (Lipinski definition) is 1. The third-order valence-electron chi connectivity index (χ3n) is 4.04. The van der Waals surface area contributed by atoms with Gasteiger partial charge in [0.2, 0.25) is 10.0 Å². The van der Waals surface area contributed by atoms with Gasteiger partial charge < -0.3 is 9.47 Å². The number of halogens is 1. The molecule has 0 saturated heterocycles. The van der Waals surface area contributed by atoms with E-state index in [1.165, 1.54) is 25.3 Å². The van der Waals surface area contributed by atoms with Crippen LogP contribution in [-0.2, 0) is 14.8 Å². The molecule has 6 nitrogen and oxygen atoms in total. The molecule has 0 heterocycles. The molecule has 0 spiro atoms. The van der Waals surface area contributed by atoms with Crippen molar-refractivity contribution in [3.63, 3.8) is 0 Å². The van der Waals surface area contributed by atoms with E-state index in [9.17, 15) is 13.2 Å². The van der Waals surface area contributed by atoms with E-state index in [4.69, 9.17) is 16.3 Å². The molecule has 3 rings (SSSR count). The van der Waals surface area contributed by atoms with Crippen LogP contribution in [0.1, 0.15) is 10.4 Å². The SMILES string of the molecule is COC(=O)c1cc(S(=O)(=O)NCCOc2ccc3ccccc3c2)ccc1Cl. The molecule has 0 aliphatic rings. The molecule has 0 aromatic heterocycles. The summed E-state index contributed by atoms with van der Waals surface area (Å²) in [4.78, 5) is 11.6. The number of rotatable bonds is 7. The fourth-order valence-electron chi connectivity index (χ4n) is 2.62. The van der Waals surface area contributed by atoms with Crippen molar-refractivity contribution in [1.82, 2.24) is 4.72 Å². The summed E-state index contributed by atoms with van der Waals surface area (Å²) in [5.74, 6) is -0.0564. The Balaban J connectivity index is 1.62. The van der Waals surface area contributed by atoms with Crippen LogP contribution in [0.5, 0.6) is 5.75 Å². The van der Waals surface area contributed by atoms with Crippen molar-refractivity contribution in [2.45, 2.75) is 4.90 Å². The van der Waals surface area contributed by atoms with Crippen LogP contribution >= 0.6 is 11.6 Å². The Morgan fingerprint density at radius 3 is 2.54 bits per heavy atom. The molecule has 3 aromatic carbocycles. The first-order valence-corrected chi connectivity index (χ1v) is 10.3. The molecule has 0 unspecified atom stereocenters. The smallest absolute Gasteiger partial charge is 0.339 e. The predicted molar refractivity (Wildman–Crippen MR) is 107 cm³/mol. The molecule has 0 amide bonds. The molecule has 0 bridgehead atoms. The van der Waals surface area contributed by atoms with Crippen LogP contribution in [0.3, 0.4) is 0 Å². The van der Waals surface area contributed by atoms with Gasteiger partial charge in [0.25, 0.3) is 0 Å². The molecule has 8 heteroatoms. The summed E-state index contributed by atoms with van der Waals surface area (Å²) < 4.78 is 37.5. The minimum absolute atomic E-state index is 0.0144. The van der Waals surface area contributed by atoms with Crippen LogP contribution in [0, 0.1) is 0 Å². The number of sulfonamides is 1. The third kappa shape index (κ3) is 4.62. The lowest BCUT2D eigenvalue weighted by Gasteiger charge is -2.10. The molecular formula is C20H18ClNO5S. The molecule has 0 aliphatic carbocycles. The van der Waals surface area contributed by atoms with Gasteiger partial charge in [-0.05, 0) is 41.1 Å². The van der Waals surface area contributed by atoms with Crippen LogP contribution in [0.15, 0.2) is 65.6 Å². The topological polar surface area (TPSA) is 81.7 Å². The van der Waals surface area contributed by atoms with Crippen molar-refractivity contribution in [1.29, 1.82) is 0 Å². The van der Waals surface area contributed by atoms with Crippen molar-refractivity contribution in [3.8, 4) is 5.75 Å². The number of carbonyl (C=O) groups is 1. The van der Waals surface area contributed by atoms with Gasteiger partial charge in [0.1, 0.15) is 12.4 Å². The van der Waals surface area contributed by atoms with E-state index in [2.05, 4.69) is 9.46 Å². The van der Waals surface area contributed by atoms with E-state index in [1.54, 1.807) is 0 Å². The van der Waals surface area contributed by atoms with Crippen LogP contribution in [0.4, 0.5) is 0 Å². The van der Waals surface area contributed by atoms with Crippen molar-refractivity contribution >= 4 is 38.4 Å². The van der Waals surface area contributed by atoms with Crippen molar-refractivity contribution in [3.05, 3.63) is 71.2 Å². The maximum atomic E-state index is 12.4. The quantitative estimate of drug-likeness (QED) is 0.467. The lowest BCUT2D eigenvalue weighted by molar-refractivity contribution is 0.0600. The van der Waals surface area contributed by atoms with Crippen molar-refractivity contribution in [2.24, 2.45) is 0 Å². The van der Waals surface area contributed by atoms with Crippen molar-refractivity contribution < 1.29 is 22.7 Å². The zero-order valence-electron chi connectivity index (χ0n) is 15.0. The molecule has 3 aromatic rings. The van der Waals surface area contributed by atoms with Gasteiger partial charge in [-0.1, -0.05) is 41.9 Å². The third-order valence-corrected chi connectivity index (χ3v) is 5.83. The summed E-state index contributed by atoms with van der Waals surface area (Å²) in [5, 5.41) is 2.25. The number of hydrogen-bond acceptors (Lipinski definition) is 5. The first-order chi connectivity index (χ1) is 13.4. The summed E-state index contributed by atoms with van der Waals surface area (Å²) >= 11 is 5.92. The average Bonchev–Trinajstić information content (AvgIpc) is 2.70. The fourth-order valence-corrected chi connectivity index (χ4v) is 3.86. The number of nitrogens with one attached hydrogen (secondary N) is 1. The number of esters is 1. The summed E-state index contributed by atoms with van der Waals surface area (Å²) in [7, 11) is -2.63. The minimum atomic E-state index is -3.83. The molecule has 28 heavy (non-hydrogen) atoms. The Hall–Kier alpha value is -2.61. The summed E-state index contributed by atoms with van der Waals surface area (Å²) in [5.41, 5.74) is -0.0144. The lowest BCUT2D eigenvalue weighted by atomic mass is 10.1. The standard InChI is InChI=1S/C20H18ClNO5S/c1-26-20(23)18-13-17(8-9-19(18)21)28(24,25)22-10-11-27-16-7-6-14-4-2-3-5-15(14)12-16/h2-9,12-13,22H,10-11H2,1H3. The van der Waals surface area contributed by atoms with Crippen LogP contribution in [0.25, 0.3) is 10.8 Å². The van der Waals surface area contributed by atoms with Crippen LogP contribution in [0.2, 0.25) is 5.02 Å². The highest BCUT2D eigenvalue weighted by atomic mass is 35.5. The average molecular weight is 420 g/mol. The highest BCUT2D eigenvalue weighted by Crippen LogP contribution is 2.22. The van der Waals surface area contributed by atoms with Gasteiger partial charge in [0.05, 0.1) is 22.6 Å². The molecule has 0 atom stereocenters. The van der Waals surface area contributed by atoms with Crippen LogP contribution in [-0.4, -0.2) is 34.6 Å². The zero-order chi connectivity index (χ0) is 20.1. The fraction of sp³-hybridized carbons (Fsp3) is 0.150. The molecule has 0 saturated carbocycles. The van der Waals surface area contributed by atoms with Gasteiger partial charge in [0.15, 0.2) is 0 Å². The highest BCUT2D eigenvalue weighted by molar-refractivity contribution is 7.89. The van der Waals surface area contributed by atoms with Crippen molar-refractivity contribution in [2.75, 3.05) is 20.3 Å². The van der Waals surface area contributed by atoms with Gasteiger partial charge in [0, 0.05) is 6.54 Å². The second-order valence-corrected chi connectivity index (χ2v) is 8.06. The first kappa shape index (κ1) is 20.1. The predicted octanol–water partition coefficient (Wildman–Crippen LogP) is 3.64. The molecule has 0 radical (unpaired) electrons. The Morgan fingerprint density at radius 2 is 1.79 bits per heavy atom. The second kappa shape index (κ2) is 8.60. The van der Waals surface area contributed by atoms with E-state index in [-0.39, 0.29) is 28.6 Å². The summed E-state index contributed by atoms with van der Waals surface area (Å²) in [6, 6.07) is 17.4. The number of benzene rings is 3. The Labute approximate surface area is 168 Å². The van der Waals surface area contributed by atoms with E-state index in [0.717, 1.165) is 10.8 Å². The molecule has 0 aliphatic heterocycles. The highest BCUT2D eigenvalue weighted by Gasteiger charge is 2.18. The Kier molecular flexibility index (Phi) is 6.18. The monoisotopic (exact) mass is 419 g/mol. The molecule has 1 N–H and O–H groups in total. The van der Waals surface area contributed by atoms with Gasteiger partial charge >= 0.3 is 5.97 Å². The second-order valence-electron chi connectivity index (χ2n) is 5.89. The maximum Gasteiger partial charge on any atom is 0.339 e. The largest absolute Gasteiger partial charge is 0.492 e. The van der Waals surface area contributed by atoms with Gasteiger partial charge in [-0.25, -0.2) is 17.9 Å². The van der Waals surface area contributed by atoms with E-state index in [1.807, 2.05) is 42.5 Å². The van der Waals surface area contributed by atoms with Gasteiger partial charge in [-0.15, -0.1) is 0 Å². The summed E-state index contributed by atoms with van der Waals surface area (Å²) in [6.45, 7) is 0.209. The maximum absolute atomic E-state index is 12.4. The summed E-state index contributed by atoms with van der Waals surface area (Å²) in [6.07, 6.45) is 0.